The minimum atomic E-state index is -0.0891. The third-order valence-electron chi connectivity index (χ3n) is 2.91. The maximum Gasteiger partial charge on any atom is 0.0598 e. The van der Waals surface area contributed by atoms with E-state index in [0.29, 0.717) is 12.1 Å². The van der Waals surface area contributed by atoms with Gasteiger partial charge in [-0.25, -0.2) is 0 Å². The van der Waals surface area contributed by atoms with Crippen LogP contribution in [0.3, 0.4) is 0 Å². The monoisotopic (exact) mass is 200 g/mol. The molecular formula is C11H24N2O. The van der Waals surface area contributed by atoms with E-state index < -0.39 is 0 Å². The molecule has 2 atom stereocenters. The van der Waals surface area contributed by atoms with Crippen LogP contribution >= 0.6 is 0 Å². The van der Waals surface area contributed by atoms with E-state index in [1.54, 1.807) is 7.11 Å². The van der Waals surface area contributed by atoms with E-state index in [4.69, 9.17) is 10.5 Å². The molecule has 1 heterocycles. The summed E-state index contributed by atoms with van der Waals surface area (Å²) in [5.74, 6) is 0. The zero-order valence-electron chi connectivity index (χ0n) is 9.92. The number of nitrogens with two attached hydrogens (primary N) is 1. The van der Waals surface area contributed by atoms with E-state index in [1.165, 1.54) is 0 Å². The summed E-state index contributed by atoms with van der Waals surface area (Å²) in [5, 5.41) is 0. The van der Waals surface area contributed by atoms with Crippen molar-refractivity contribution in [2.75, 3.05) is 20.2 Å². The maximum absolute atomic E-state index is 6.02. The highest BCUT2D eigenvalue weighted by atomic mass is 16.5. The minimum Gasteiger partial charge on any atom is -0.381 e. The standard InChI is InChI=1S/C11H24N2O/c1-9-7-10(14-4)5-6-13(9)8-11(2,3)12/h9-10H,5-8,12H2,1-4H3. The molecule has 0 bridgehead atoms. The van der Waals surface area contributed by atoms with Crippen LogP contribution < -0.4 is 5.73 Å². The molecule has 0 spiro atoms. The quantitative estimate of drug-likeness (QED) is 0.744. The predicted octanol–water partition coefficient (Wildman–Crippen LogP) is 1.22. The molecule has 1 fully saturated rings. The lowest BCUT2D eigenvalue weighted by molar-refractivity contribution is 0.0101. The molecule has 84 valence electrons. The topological polar surface area (TPSA) is 38.5 Å². The fraction of sp³-hybridized carbons (Fsp3) is 1.00. The lowest BCUT2D eigenvalue weighted by Gasteiger charge is -2.40. The van der Waals surface area contributed by atoms with Gasteiger partial charge >= 0.3 is 0 Å². The number of nitrogens with zero attached hydrogens (tertiary/aromatic N) is 1. The molecule has 3 heteroatoms. The normalized spacial score (nSPS) is 30.6. The van der Waals surface area contributed by atoms with Gasteiger partial charge in [-0.3, -0.25) is 4.90 Å². The van der Waals surface area contributed by atoms with E-state index >= 15 is 0 Å². The molecule has 2 unspecified atom stereocenters. The van der Waals surface area contributed by atoms with Crippen LogP contribution in [0.4, 0.5) is 0 Å². The lowest BCUT2D eigenvalue weighted by atomic mass is 9.97. The summed E-state index contributed by atoms with van der Waals surface area (Å²) in [6, 6.07) is 0.594. The Kier molecular flexibility index (Phi) is 3.93. The number of methoxy groups -OCH3 is 1. The summed E-state index contributed by atoms with van der Waals surface area (Å²) in [7, 11) is 1.81. The van der Waals surface area contributed by atoms with Crippen LogP contribution in [0.15, 0.2) is 0 Å². The number of piperidine rings is 1. The number of likely N-dealkylation sites (tertiary alicyclic amines) is 1. The van der Waals surface area contributed by atoms with Gasteiger partial charge in [0, 0.05) is 31.8 Å². The first-order valence-electron chi connectivity index (χ1n) is 5.48. The molecule has 0 saturated carbocycles. The first-order valence-corrected chi connectivity index (χ1v) is 5.48. The maximum atomic E-state index is 6.02. The van der Waals surface area contributed by atoms with Crippen LogP contribution in [-0.4, -0.2) is 42.8 Å². The zero-order valence-corrected chi connectivity index (χ0v) is 9.92. The molecule has 2 N–H and O–H groups in total. The average Bonchev–Trinajstić information content (AvgIpc) is 2.06. The highest BCUT2D eigenvalue weighted by Gasteiger charge is 2.27. The summed E-state index contributed by atoms with van der Waals surface area (Å²) in [5.41, 5.74) is 5.93. The number of ether oxygens (including phenoxy) is 1. The third kappa shape index (κ3) is 3.56. The molecule has 1 aliphatic rings. The Morgan fingerprint density at radius 3 is 2.57 bits per heavy atom. The number of hydrogen-bond donors (Lipinski definition) is 1. The summed E-state index contributed by atoms with van der Waals surface area (Å²) in [4.78, 5) is 2.47. The van der Waals surface area contributed by atoms with Crippen molar-refractivity contribution < 1.29 is 4.74 Å². The zero-order chi connectivity index (χ0) is 10.8. The van der Waals surface area contributed by atoms with Crippen molar-refractivity contribution in [2.45, 2.75) is 51.3 Å². The molecule has 0 aromatic heterocycles. The fourth-order valence-corrected chi connectivity index (χ4v) is 2.15. The van der Waals surface area contributed by atoms with Crippen LogP contribution in [0.25, 0.3) is 0 Å². The van der Waals surface area contributed by atoms with Gasteiger partial charge in [-0.05, 0) is 33.6 Å². The van der Waals surface area contributed by atoms with Crippen molar-refractivity contribution in [3.05, 3.63) is 0 Å². The van der Waals surface area contributed by atoms with E-state index in [1.807, 2.05) is 0 Å². The van der Waals surface area contributed by atoms with Gasteiger partial charge in [0.15, 0.2) is 0 Å². The molecule has 0 aliphatic carbocycles. The highest BCUT2D eigenvalue weighted by molar-refractivity contribution is 4.85. The van der Waals surface area contributed by atoms with Crippen molar-refractivity contribution in [3.8, 4) is 0 Å². The van der Waals surface area contributed by atoms with Crippen LogP contribution in [0, 0.1) is 0 Å². The number of rotatable bonds is 3. The molecule has 1 aliphatic heterocycles. The van der Waals surface area contributed by atoms with Crippen molar-refractivity contribution in [2.24, 2.45) is 5.73 Å². The second-order valence-electron chi connectivity index (χ2n) is 5.19. The first kappa shape index (κ1) is 12.0. The van der Waals surface area contributed by atoms with Crippen molar-refractivity contribution in [1.29, 1.82) is 0 Å². The Balaban J connectivity index is 2.42. The van der Waals surface area contributed by atoms with Gasteiger partial charge in [-0.15, -0.1) is 0 Å². The highest BCUT2D eigenvalue weighted by Crippen LogP contribution is 2.20. The van der Waals surface area contributed by atoms with Crippen LogP contribution in [-0.2, 0) is 4.74 Å². The second-order valence-corrected chi connectivity index (χ2v) is 5.19. The molecule has 0 aromatic rings. The second kappa shape index (κ2) is 4.60. The van der Waals surface area contributed by atoms with Crippen molar-refractivity contribution in [1.82, 2.24) is 4.90 Å². The Hall–Kier alpha value is -0.120. The van der Waals surface area contributed by atoms with Gasteiger partial charge in [-0.1, -0.05) is 0 Å². The van der Waals surface area contributed by atoms with Gasteiger partial charge in [0.1, 0.15) is 0 Å². The summed E-state index contributed by atoms with van der Waals surface area (Å²) in [6.07, 6.45) is 2.71. The summed E-state index contributed by atoms with van der Waals surface area (Å²) in [6.45, 7) is 8.52. The van der Waals surface area contributed by atoms with E-state index in [2.05, 4.69) is 25.7 Å². The Labute approximate surface area is 87.6 Å². The van der Waals surface area contributed by atoms with Crippen LogP contribution in [0.2, 0.25) is 0 Å². The van der Waals surface area contributed by atoms with Crippen LogP contribution in [0.1, 0.15) is 33.6 Å². The first-order chi connectivity index (χ1) is 6.42. The average molecular weight is 200 g/mol. The SMILES string of the molecule is COC1CCN(CC(C)(C)N)C(C)C1. The smallest absolute Gasteiger partial charge is 0.0598 e. The van der Waals surface area contributed by atoms with Crippen molar-refractivity contribution in [3.63, 3.8) is 0 Å². The molecule has 0 aromatic carbocycles. The molecule has 14 heavy (non-hydrogen) atoms. The fourth-order valence-electron chi connectivity index (χ4n) is 2.15. The van der Waals surface area contributed by atoms with E-state index in [0.717, 1.165) is 25.9 Å². The molecule has 1 saturated heterocycles. The molecule has 0 amide bonds. The Morgan fingerprint density at radius 1 is 1.50 bits per heavy atom. The van der Waals surface area contributed by atoms with Gasteiger partial charge in [0.05, 0.1) is 6.10 Å². The third-order valence-corrected chi connectivity index (χ3v) is 2.91. The van der Waals surface area contributed by atoms with Gasteiger partial charge in [0.25, 0.3) is 0 Å². The minimum absolute atomic E-state index is 0.0891. The van der Waals surface area contributed by atoms with Crippen molar-refractivity contribution >= 4 is 0 Å². The summed E-state index contributed by atoms with van der Waals surface area (Å²) < 4.78 is 5.38. The lowest BCUT2D eigenvalue weighted by Crippen LogP contribution is -2.52. The van der Waals surface area contributed by atoms with Gasteiger partial charge < -0.3 is 10.5 Å². The number of hydrogen-bond acceptors (Lipinski definition) is 3. The molecule has 3 nitrogen and oxygen atoms in total. The predicted molar refractivity (Wildman–Crippen MR) is 59.3 cm³/mol. The Morgan fingerprint density at radius 2 is 2.14 bits per heavy atom. The van der Waals surface area contributed by atoms with E-state index in [-0.39, 0.29) is 5.54 Å². The van der Waals surface area contributed by atoms with Crippen LogP contribution in [0.5, 0.6) is 0 Å². The molecular weight excluding hydrogens is 176 g/mol. The Bertz CT molecular complexity index is 177. The summed E-state index contributed by atoms with van der Waals surface area (Å²) >= 11 is 0. The van der Waals surface area contributed by atoms with Gasteiger partial charge in [0.2, 0.25) is 0 Å². The van der Waals surface area contributed by atoms with E-state index in [9.17, 15) is 0 Å². The largest absolute Gasteiger partial charge is 0.381 e. The van der Waals surface area contributed by atoms with Gasteiger partial charge in [-0.2, -0.15) is 0 Å². The molecule has 1 rings (SSSR count). The molecule has 0 radical (unpaired) electrons.